The van der Waals surface area contributed by atoms with Gasteiger partial charge in [-0.15, -0.1) is 0 Å². The standard InChI is InChI=1S/C15H18ClNO4/c1-7-8(2)21-9(3)12(7)14(18)17-13-10(15(19)20)5-4-6-11(13)16/h4-9,12H,1-3H3,(H,17,18)(H,19,20). The minimum absolute atomic E-state index is 0.0130. The Morgan fingerprint density at radius 1 is 1.24 bits per heavy atom. The van der Waals surface area contributed by atoms with Crippen LogP contribution in [0.15, 0.2) is 18.2 Å². The summed E-state index contributed by atoms with van der Waals surface area (Å²) < 4.78 is 5.64. The molecule has 0 radical (unpaired) electrons. The fourth-order valence-electron chi connectivity index (χ4n) is 2.75. The van der Waals surface area contributed by atoms with E-state index in [9.17, 15) is 14.7 Å². The molecule has 1 amide bonds. The van der Waals surface area contributed by atoms with Gasteiger partial charge in [0.25, 0.3) is 0 Å². The minimum atomic E-state index is -1.13. The molecule has 1 heterocycles. The van der Waals surface area contributed by atoms with Gasteiger partial charge in [-0.2, -0.15) is 0 Å². The van der Waals surface area contributed by atoms with Crippen LogP contribution in [0.4, 0.5) is 5.69 Å². The molecule has 1 aromatic rings. The summed E-state index contributed by atoms with van der Waals surface area (Å²) in [6.07, 6.45) is -0.230. The number of carboxylic acids is 1. The van der Waals surface area contributed by atoms with Crippen molar-refractivity contribution in [3.05, 3.63) is 28.8 Å². The lowest BCUT2D eigenvalue weighted by atomic mass is 9.88. The second-order valence-corrected chi connectivity index (χ2v) is 5.80. The van der Waals surface area contributed by atoms with Gasteiger partial charge in [0, 0.05) is 0 Å². The molecule has 2 rings (SSSR count). The molecule has 0 spiro atoms. The van der Waals surface area contributed by atoms with Crippen LogP contribution in [0.1, 0.15) is 31.1 Å². The number of carboxylic acid groups (broad SMARTS) is 1. The Morgan fingerprint density at radius 3 is 2.43 bits per heavy atom. The first-order valence-corrected chi connectivity index (χ1v) is 7.18. The van der Waals surface area contributed by atoms with Gasteiger partial charge in [0.2, 0.25) is 5.91 Å². The van der Waals surface area contributed by atoms with Crippen LogP contribution in [0, 0.1) is 11.8 Å². The van der Waals surface area contributed by atoms with E-state index in [1.165, 1.54) is 12.1 Å². The van der Waals surface area contributed by atoms with Crippen molar-refractivity contribution in [2.45, 2.75) is 33.0 Å². The maximum absolute atomic E-state index is 12.5. The van der Waals surface area contributed by atoms with E-state index in [2.05, 4.69) is 5.32 Å². The summed E-state index contributed by atoms with van der Waals surface area (Å²) in [5.41, 5.74) is 0.110. The lowest BCUT2D eigenvalue weighted by Crippen LogP contribution is -2.32. The summed E-state index contributed by atoms with van der Waals surface area (Å²) in [5.74, 6) is -1.69. The number of aromatic carboxylic acids is 1. The van der Waals surface area contributed by atoms with Gasteiger partial charge in [0.15, 0.2) is 0 Å². The Hall–Kier alpha value is -1.59. The van der Waals surface area contributed by atoms with E-state index in [4.69, 9.17) is 16.3 Å². The van der Waals surface area contributed by atoms with Gasteiger partial charge >= 0.3 is 5.97 Å². The number of amides is 1. The average Bonchev–Trinajstić information content (AvgIpc) is 2.65. The van der Waals surface area contributed by atoms with Gasteiger partial charge in [0.05, 0.1) is 34.4 Å². The Morgan fingerprint density at radius 2 is 1.90 bits per heavy atom. The second kappa shape index (κ2) is 6.03. The third kappa shape index (κ3) is 3.04. The van der Waals surface area contributed by atoms with Crippen LogP contribution in [0.25, 0.3) is 0 Å². The molecule has 1 aromatic carbocycles. The molecule has 1 aliphatic rings. The molecule has 1 aliphatic heterocycles. The molecule has 4 unspecified atom stereocenters. The molecule has 6 heteroatoms. The fourth-order valence-corrected chi connectivity index (χ4v) is 2.98. The SMILES string of the molecule is CC1OC(C)C(C(=O)Nc2c(Cl)cccc2C(=O)O)C1C. The Kier molecular flexibility index (Phi) is 4.54. The minimum Gasteiger partial charge on any atom is -0.478 e. The monoisotopic (exact) mass is 311 g/mol. The smallest absolute Gasteiger partial charge is 0.337 e. The van der Waals surface area contributed by atoms with Crippen LogP contribution in [0.5, 0.6) is 0 Å². The third-order valence-electron chi connectivity index (χ3n) is 4.04. The molecule has 21 heavy (non-hydrogen) atoms. The van der Waals surface area contributed by atoms with Crippen LogP contribution in [0.3, 0.4) is 0 Å². The molecule has 0 aromatic heterocycles. The van der Waals surface area contributed by atoms with Crippen LogP contribution >= 0.6 is 11.6 Å². The van der Waals surface area contributed by atoms with Crippen LogP contribution in [-0.2, 0) is 9.53 Å². The molecule has 0 saturated carbocycles. The number of hydrogen-bond acceptors (Lipinski definition) is 3. The van der Waals surface area contributed by atoms with E-state index >= 15 is 0 Å². The van der Waals surface area contributed by atoms with Gasteiger partial charge in [-0.1, -0.05) is 24.6 Å². The van der Waals surface area contributed by atoms with Gasteiger partial charge in [-0.25, -0.2) is 4.79 Å². The molecule has 114 valence electrons. The molecular formula is C15H18ClNO4. The van der Waals surface area contributed by atoms with Crippen molar-refractivity contribution in [1.82, 2.24) is 0 Å². The molecule has 1 saturated heterocycles. The van der Waals surface area contributed by atoms with E-state index in [0.717, 1.165) is 0 Å². The number of halogens is 1. The number of para-hydroxylation sites is 1. The Balaban J connectivity index is 2.26. The zero-order chi connectivity index (χ0) is 15.7. The first kappa shape index (κ1) is 15.8. The number of rotatable bonds is 3. The van der Waals surface area contributed by atoms with E-state index in [1.807, 2.05) is 20.8 Å². The maximum atomic E-state index is 12.5. The summed E-state index contributed by atoms with van der Waals surface area (Å²) in [6.45, 7) is 5.71. The van der Waals surface area contributed by atoms with Crippen molar-refractivity contribution in [1.29, 1.82) is 0 Å². The Bertz CT molecular complexity index is 575. The highest BCUT2D eigenvalue weighted by Crippen LogP contribution is 2.34. The van der Waals surface area contributed by atoms with E-state index < -0.39 is 5.97 Å². The van der Waals surface area contributed by atoms with Crippen molar-refractivity contribution in [3.63, 3.8) is 0 Å². The maximum Gasteiger partial charge on any atom is 0.337 e. The summed E-state index contributed by atoms with van der Waals surface area (Å²) >= 11 is 6.02. The molecular weight excluding hydrogens is 294 g/mol. The van der Waals surface area contributed by atoms with Gasteiger partial charge in [-0.3, -0.25) is 4.79 Å². The predicted molar refractivity (Wildman–Crippen MR) is 79.7 cm³/mol. The van der Waals surface area contributed by atoms with E-state index in [0.29, 0.717) is 0 Å². The second-order valence-electron chi connectivity index (χ2n) is 5.39. The van der Waals surface area contributed by atoms with Crippen molar-refractivity contribution in [2.75, 3.05) is 5.32 Å². The van der Waals surface area contributed by atoms with Crippen molar-refractivity contribution in [3.8, 4) is 0 Å². The van der Waals surface area contributed by atoms with Crippen molar-refractivity contribution < 1.29 is 19.4 Å². The fraction of sp³-hybridized carbons (Fsp3) is 0.467. The number of hydrogen-bond donors (Lipinski definition) is 2. The number of anilines is 1. The summed E-state index contributed by atoms with van der Waals surface area (Å²) in [4.78, 5) is 23.7. The third-order valence-corrected chi connectivity index (χ3v) is 4.35. The predicted octanol–water partition coefficient (Wildman–Crippen LogP) is 3.04. The first-order chi connectivity index (χ1) is 9.82. The zero-order valence-corrected chi connectivity index (χ0v) is 12.8. The lowest BCUT2D eigenvalue weighted by molar-refractivity contribution is -0.121. The Labute approximate surface area is 128 Å². The van der Waals surface area contributed by atoms with E-state index in [1.54, 1.807) is 6.07 Å². The quantitative estimate of drug-likeness (QED) is 0.899. The van der Waals surface area contributed by atoms with Crippen molar-refractivity contribution >= 4 is 29.2 Å². The topological polar surface area (TPSA) is 75.6 Å². The van der Waals surface area contributed by atoms with Crippen LogP contribution in [0.2, 0.25) is 5.02 Å². The summed E-state index contributed by atoms with van der Waals surface area (Å²) in [5, 5.41) is 12.0. The molecule has 2 N–H and O–H groups in total. The summed E-state index contributed by atoms with van der Waals surface area (Å²) in [7, 11) is 0. The highest BCUT2D eigenvalue weighted by molar-refractivity contribution is 6.34. The number of nitrogens with one attached hydrogen (secondary N) is 1. The van der Waals surface area contributed by atoms with Crippen LogP contribution in [-0.4, -0.2) is 29.2 Å². The van der Waals surface area contributed by atoms with Crippen LogP contribution < -0.4 is 5.32 Å². The van der Waals surface area contributed by atoms with Gasteiger partial charge < -0.3 is 15.2 Å². The number of carbonyl (C=O) groups excluding carboxylic acids is 1. The highest BCUT2D eigenvalue weighted by atomic mass is 35.5. The lowest BCUT2D eigenvalue weighted by Gasteiger charge is -2.19. The van der Waals surface area contributed by atoms with Gasteiger partial charge in [-0.05, 0) is 31.9 Å². The molecule has 5 nitrogen and oxygen atoms in total. The molecule has 1 fully saturated rings. The number of ether oxygens (including phenoxy) is 1. The molecule has 0 aliphatic carbocycles. The number of benzene rings is 1. The normalized spacial score (nSPS) is 28.4. The van der Waals surface area contributed by atoms with Gasteiger partial charge in [0.1, 0.15) is 0 Å². The van der Waals surface area contributed by atoms with Crippen molar-refractivity contribution in [2.24, 2.45) is 11.8 Å². The molecule has 0 bridgehead atoms. The highest BCUT2D eigenvalue weighted by Gasteiger charge is 2.41. The first-order valence-electron chi connectivity index (χ1n) is 6.81. The average molecular weight is 312 g/mol. The zero-order valence-electron chi connectivity index (χ0n) is 12.1. The summed E-state index contributed by atoms with van der Waals surface area (Å²) in [6, 6.07) is 4.49. The molecule has 4 atom stereocenters. The number of carbonyl (C=O) groups is 2. The largest absolute Gasteiger partial charge is 0.478 e. The van der Waals surface area contributed by atoms with E-state index in [-0.39, 0.29) is 46.2 Å².